The van der Waals surface area contributed by atoms with Gasteiger partial charge in [-0.1, -0.05) is 29.8 Å². The van der Waals surface area contributed by atoms with Gasteiger partial charge in [-0.05, 0) is 18.2 Å². The molecule has 22 heavy (non-hydrogen) atoms. The molecule has 0 amide bonds. The lowest BCUT2D eigenvalue weighted by molar-refractivity contribution is 0.0292. The average Bonchev–Trinajstić information content (AvgIpc) is 2.48. The summed E-state index contributed by atoms with van der Waals surface area (Å²) in [6.07, 6.45) is 0. The molecule has 0 aromatic heterocycles. The van der Waals surface area contributed by atoms with Crippen molar-refractivity contribution in [3.05, 3.63) is 28.2 Å². The van der Waals surface area contributed by atoms with Gasteiger partial charge in [0.15, 0.2) is 0 Å². The Hall–Kier alpha value is -0.330. The molecule has 1 saturated heterocycles. The molecule has 0 spiro atoms. The van der Waals surface area contributed by atoms with Crippen molar-refractivity contribution in [2.45, 2.75) is 19.9 Å². The third kappa shape index (κ3) is 4.36. The Morgan fingerprint density at radius 2 is 2.00 bits per heavy atom. The summed E-state index contributed by atoms with van der Waals surface area (Å²) in [6.45, 7) is 8.27. The van der Waals surface area contributed by atoms with Crippen LogP contribution in [-0.4, -0.2) is 49.9 Å². The maximum Gasteiger partial charge on any atom is 0.123 e. The van der Waals surface area contributed by atoms with E-state index < -0.39 is 0 Å². The molecule has 0 radical (unpaired) electrons. The van der Waals surface area contributed by atoms with Crippen LogP contribution in [0.3, 0.4) is 0 Å². The highest BCUT2D eigenvalue weighted by Crippen LogP contribution is 2.42. The minimum absolute atomic E-state index is 0. The number of aliphatic hydroxyl groups is 1. The largest absolute Gasteiger partial charge is 0.496 e. The minimum Gasteiger partial charge on any atom is -0.496 e. The van der Waals surface area contributed by atoms with E-state index in [1.54, 1.807) is 7.11 Å². The smallest absolute Gasteiger partial charge is 0.123 e. The number of aliphatic hydroxyl groups excluding tert-OH is 1. The summed E-state index contributed by atoms with van der Waals surface area (Å²) in [5.74, 6) is 0.878. The number of rotatable bonds is 5. The van der Waals surface area contributed by atoms with Crippen molar-refractivity contribution in [3.8, 4) is 5.75 Å². The Morgan fingerprint density at radius 1 is 1.36 bits per heavy atom. The molecule has 6 heteroatoms. The van der Waals surface area contributed by atoms with Gasteiger partial charge in [0.05, 0.1) is 7.11 Å². The van der Waals surface area contributed by atoms with Crippen LogP contribution < -0.4 is 10.1 Å². The SMILES string of the molecule is COc1ccc(Br)cc1[C@@H](N1CCNCC1)C(C)(C)CO.Cl. The summed E-state index contributed by atoms with van der Waals surface area (Å²) in [5.41, 5.74) is 0.888. The standard InChI is InChI=1S/C16H25BrN2O2.ClH/c1-16(2,11-20)15(19-8-6-18-7-9-19)13-10-12(17)4-5-14(13)21-3;/h4-5,10,15,18,20H,6-9,11H2,1-3H3;1H/t15-;/m1./s1. The van der Waals surface area contributed by atoms with Crippen molar-refractivity contribution in [2.75, 3.05) is 39.9 Å². The highest BCUT2D eigenvalue weighted by Gasteiger charge is 2.37. The zero-order valence-corrected chi connectivity index (χ0v) is 15.8. The number of benzene rings is 1. The Bertz CT molecular complexity index is 479. The first-order chi connectivity index (χ1) is 9.99. The lowest BCUT2D eigenvalue weighted by atomic mass is 9.79. The molecule has 0 aliphatic carbocycles. The van der Waals surface area contributed by atoms with Gasteiger partial charge in [-0.15, -0.1) is 12.4 Å². The van der Waals surface area contributed by atoms with Crippen LogP contribution in [0.5, 0.6) is 5.75 Å². The van der Waals surface area contributed by atoms with Crippen molar-refractivity contribution < 1.29 is 9.84 Å². The first kappa shape index (κ1) is 19.7. The summed E-state index contributed by atoms with van der Waals surface area (Å²) >= 11 is 3.56. The van der Waals surface area contributed by atoms with Gasteiger partial charge in [0.1, 0.15) is 5.75 Å². The van der Waals surface area contributed by atoms with Gasteiger partial charge in [-0.25, -0.2) is 0 Å². The maximum atomic E-state index is 9.89. The Morgan fingerprint density at radius 3 is 2.55 bits per heavy atom. The summed E-state index contributed by atoms with van der Waals surface area (Å²) < 4.78 is 6.60. The van der Waals surface area contributed by atoms with Crippen LogP contribution in [0.4, 0.5) is 0 Å². The van der Waals surface area contributed by atoms with Crippen LogP contribution in [-0.2, 0) is 0 Å². The van der Waals surface area contributed by atoms with E-state index in [-0.39, 0.29) is 30.5 Å². The third-order valence-corrected chi connectivity index (χ3v) is 4.64. The van der Waals surface area contributed by atoms with E-state index in [0.717, 1.165) is 42.0 Å². The molecule has 0 bridgehead atoms. The molecule has 1 aliphatic rings. The number of methoxy groups -OCH3 is 1. The average molecular weight is 394 g/mol. The second-order valence-corrected chi connectivity index (χ2v) is 7.14. The molecule has 1 fully saturated rings. The van der Waals surface area contributed by atoms with E-state index in [1.165, 1.54) is 0 Å². The summed E-state index contributed by atoms with van der Waals surface area (Å²) in [7, 11) is 1.70. The van der Waals surface area contributed by atoms with E-state index in [9.17, 15) is 5.11 Å². The van der Waals surface area contributed by atoms with Gasteiger partial charge in [-0.3, -0.25) is 4.90 Å². The summed E-state index contributed by atoms with van der Waals surface area (Å²) in [4.78, 5) is 2.44. The lowest BCUT2D eigenvalue weighted by Crippen LogP contribution is -2.49. The molecule has 1 aromatic rings. The zero-order valence-electron chi connectivity index (χ0n) is 13.4. The van der Waals surface area contributed by atoms with E-state index in [4.69, 9.17) is 4.74 Å². The molecule has 2 rings (SSSR count). The zero-order chi connectivity index (χ0) is 15.5. The van der Waals surface area contributed by atoms with Crippen molar-refractivity contribution in [3.63, 3.8) is 0 Å². The fourth-order valence-electron chi connectivity index (χ4n) is 3.06. The molecule has 126 valence electrons. The van der Waals surface area contributed by atoms with Crippen LogP contribution in [0, 0.1) is 5.41 Å². The highest BCUT2D eigenvalue weighted by molar-refractivity contribution is 9.10. The Balaban J connectivity index is 0.00000242. The molecule has 1 heterocycles. The van der Waals surface area contributed by atoms with Crippen molar-refractivity contribution in [1.82, 2.24) is 10.2 Å². The van der Waals surface area contributed by atoms with Gasteiger partial charge in [-0.2, -0.15) is 0 Å². The minimum atomic E-state index is -0.245. The summed E-state index contributed by atoms with van der Waals surface area (Å²) in [6, 6.07) is 6.21. The van der Waals surface area contributed by atoms with E-state index >= 15 is 0 Å². The molecule has 4 nitrogen and oxygen atoms in total. The second kappa shape index (κ2) is 8.50. The molecule has 0 saturated carbocycles. The van der Waals surface area contributed by atoms with Gasteiger partial charge in [0.2, 0.25) is 0 Å². The van der Waals surface area contributed by atoms with Gasteiger partial charge < -0.3 is 15.2 Å². The molecule has 1 aromatic carbocycles. The predicted octanol–water partition coefficient (Wildman–Crippen LogP) is 2.84. The third-order valence-electron chi connectivity index (χ3n) is 4.15. The fourth-order valence-corrected chi connectivity index (χ4v) is 3.44. The first-order valence-electron chi connectivity index (χ1n) is 7.38. The number of halogens is 2. The molecular weight excluding hydrogens is 368 g/mol. The number of piperazine rings is 1. The second-order valence-electron chi connectivity index (χ2n) is 6.22. The highest BCUT2D eigenvalue weighted by atomic mass is 79.9. The quantitative estimate of drug-likeness (QED) is 0.807. The molecule has 1 atom stereocenters. The number of nitrogens with one attached hydrogen (secondary N) is 1. The van der Waals surface area contributed by atoms with Crippen molar-refractivity contribution >= 4 is 28.3 Å². The number of hydrogen-bond donors (Lipinski definition) is 2. The molecule has 0 unspecified atom stereocenters. The number of nitrogens with zero attached hydrogens (tertiary/aromatic N) is 1. The van der Waals surface area contributed by atoms with E-state index in [0.29, 0.717) is 0 Å². The van der Waals surface area contributed by atoms with Crippen LogP contribution in [0.25, 0.3) is 0 Å². The van der Waals surface area contributed by atoms with Gasteiger partial charge in [0.25, 0.3) is 0 Å². The monoisotopic (exact) mass is 392 g/mol. The predicted molar refractivity (Wildman–Crippen MR) is 96.0 cm³/mol. The maximum absolute atomic E-state index is 9.89. The number of ether oxygens (including phenoxy) is 1. The molecular formula is C16H26BrClN2O2. The van der Waals surface area contributed by atoms with Gasteiger partial charge in [0, 0.05) is 54.3 Å². The fraction of sp³-hybridized carbons (Fsp3) is 0.625. The van der Waals surface area contributed by atoms with Crippen molar-refractivity contribution in [2.24, 2.45) is 5.41 Å². The van der Waals surface area contributed by atoms with Crippen molar-refractivity contribution in [1.29, 1.82) is 0 Å². The van der Waals surface area contributed by atoms with Gasteiger partial charge >= 0.3 is 0 Å². The van der Waals surface area contributed by atoms with E-state index in [1.807, 2.05) is 12.1 Å². The van der Waals surface area contributed by atoms with Crippen LogP contribution >= 0.6 is 28.3 Å². The first-order valence-corrected chi connectivity index (χ1v) is 8.18. The van der Waals surface area contributed by atoms with E-state index in [2.05, 4.69) is 46.1 Å². The summed E-state index contributed by atoms with van der Waals surface area (Å²) in [5, 5.41) is 13.3. The Kier molecular flexibility index (Phi) is 7.62. The lowest BCUT2D eigenvalue weighted by Gasteiger charge is -2.43. The van der Waals surface area contributed by atoms with Crippen LogP contribution in [0.1, 0.15) is 25.5 Å². The normalized spacial score (nSPS) is 17.7. The molecule has 2 N–H and O–H groups in total. The van der Waals surface area contributed by atoms with Crippen LogP contribution in [0.2, 0.25) is 0 Å². The Labute approximate surface area is 147 Å². The van der Waals surface area contributed by atoms with Crippen LogP contribution in [0.15, 0.2) is 22.7 Å². The molecule has 1 aliphatic heterocycles. The topological polar surface area (TPSA) is 44.7 Å². The number of hydrogen-bond acceptors (Lipinski definition) is 4.